The van der Waals surface area contributed by atoms with Crippen LogP contribution in [0, 0.1) is 10.1 Å². The van der Waals surface area contributed by atoms with E-state index in [1.807, 2.05) is 6.92 Å². The standard InChI is InChI=1S/C12H15BrN2O5S/c1-2-10-8-20-6-5-14(10)21(18,19)12-7-9(13)3-4-11(12)15(16)17/h3-4,7,10H,2,5-6,8H2,1H3. The van der Waals surface area contributed by atoms with Gasteiger partial charge in [-0.1, -0.05) is 22.9 Å². The Balaban J connectivity index is 2.53. The highest BCUT2D eigenvalue weighted by molar-refractivity contribution is 9.10. The lowest BCUT2D eigenvalue weighted by molar-refractivity contribution is -0.387. The van der Waals surface area contributed by atoms with Crippen molar-refractivity contribution >= 4 is 31.6 Å². The summed E-state index contributed by atoms with van der Waals surface area (Å²) in [6.45, 7) is 2.65. The molecule has 0 bridgehead atoms. The Hall–Kier alpha value is -1.03. The lowest BCUT2D eigenvalue weighted by Crippen LogP contribution is -2.48. The molecule has 0 aliphatic carbocycles. The third kappa shape index (κ3) is 3.25. The van der Waals surface area contributed by atoms with E-state index >= 15 is 0 Å². The smallest absolute Gasteiger partial charge is 0.289 e. The molecule has 1 heterocycles. The number of ether oxygens (including phenoxy) is 1. The van der Waals surface area contributed by atoms with Gasteiger partial charge in [-0.3, -0.25) is 10.1 Å². The molecule has 1 saturated heterocycles. The number of nitro groups is 1. The predicted octanol–water partition coefficient (Wildman–Crippen LogP) is 2.16. The number of halogens is 1. The largest absolute Gasteiger partial charge is 0.378 e. The van der Waals surface area contributed by atoms with E-state index in [-0.39, 0.29) is 24.1 Å². The minimum Gasteiger partial charge on any atom is -0.378 e. The van der Waals surface area contributed by atoms with Crippen LogP contribution in [0.5, 0.6) is 0 Å². The lowest BCUT2D eigenvalue weighted by Gasteiger charge is -2.33. The average Bonchev–Trinajstić information content (AvgIpc) is 2.46. The molecule has 0 radical (unpaired) electrons. The summed E-state index contributed by atoms with van der Waals surface area (Å²) in [5, 5.41) is 11.1. The van der Waals surface area contributed by atoms with E-state index in [0.717, 1.165) is 0 Å². The number of rotatable bonds is 4. The monoisotopic (exact) mass is 378 g/mol. The predicted molar refractivity (Wildman–Crippen MR) is 79.6 cm³/mol. The van der Waals surface area contributed by atoms with E-state index in [0.29, 0.717) is 17.5 Å². The van der Waals surface area contributed by atoms with Crippen molar-refractivity contribution in [1.29, 1.82) is 0 Å². The summed E-state index contributed by atoms with van der Waals surface area (Å²) in [7, 11) is -3.94. The highest BCUT2D eigenvalue weighted by atomic mass is 79.9. The summed E-state index contributed by atoms with van der Waals surface area (Å²) < 4.78 is 32.6. The maximum absolute atomic E-state index is 12.8. The molecule has 1 fully saturated rings. The summed E-state index contributed by atoms with van der Waals surface area (Å²) in [5.41, 5.74) is -0.417. The minimum atomic E-state index is -3.94. The van der Waals surface area contributed by atoms with E-state index < -0.39 is 20.6 Å². The first-order valence-corrected chi connectivity index (χ1v) is 8.64. The normalized spacial score (nSPS) is 20.4. The molecule has 1 atom stereocenters. The molecule has 21 heavy (non-hydrogen) atoms. The number of nitro benzene ring substituents is 1. The summed E-state index contributed by atoms with van der Waals surface area (Å²) >= 11 is 3.16. The van der Waals surface area contributed by atoms with Crippen LogP contribution in [0.25, 0.3) is 0 Å². The number of hydrogen-bond donors (Lipinski definition) is 0. The first-order chi connectivity index (χ1) is 9.87. The van der Waals surface area contributed by atoms with Crippen molar-refractivity contribution in [3.63, 3.8) is 0 Å². The number of nitrogens with zero attached hydrogens (tertiary/aromatic N) is 2. The molecule has 0 amide bonds. The van der Waals surface area contributed by atoms with Gasteiger partial charge in [-0.2, -0.15) is 4.31 Å². The minimum absolute atomic E-state index is 0.199. The van der Waals surface area contributed by atoms with Gasteiger partial charge in [0, 0.05) is 23.1 Å². The third-order valence-electron chi connectivity index (χ3n) is 3.35. The molecule has 0 N–H and O–H groups in total. The van der Waals surface area contributed by atoms with E-state index in [2.05, 4.69) is 15.9 Å². The molecule has 1 aromatic carbocycles. The molecule has 2 rings (SSSR count). The van der Waals surface area contributed by atoms with Gasteiger partial charge in [0.05, 0.1) is 18.1 Å². The second-order valence-electron chi connectivity index (χ2n) is 4.62. The molecule has 0 spiro atoms. The van der Waals surface area contributed by atoms with Gasteiger partial charge >= 0.3 is 0 Å². The molecular weight excluding hydrogens is 364 g/mol. The molecule has 7 nitrogen and oxygen atoms in total. The van der Waals surface area contributed by atoms with Crippen molar-refractivity contribution in [2.75, 3.05) is 19.8 Å². The molecule has 9 heteroatoms. The summed E-state index contributed by atoms with van der Waals surface area (Å²) in [5.74, 6) is 0. The Morgan fingerprint density at radius 1 is 1.52 bits per heavy atom. The van der Waals surface area contributed by atoms with Crippen LogP contribution in [0.4, 0.5) is 5.69 Å². The summed E-state index contributed by atoms with van der Waals surface area (Å²) in [6.07, 6.45) is 0.584. The van der Waals surface area contributed by atoms with Crippen LogP contribution in [0.15, 0.2) is 27.6 Å². The number of sulfonamides is 1. The van der Waals surface area contributed by atoms with Crippen LogP contribution in [0.2, 0.25) is 0 Å². The van der Waals surface area contributed by atoms with E-state index in [1.165, 1.54) is 22.5 Å². The van der Waals surface area contributed by atoms with Gasteiger partial charge in [-0.15, -0.1) is 0 Å². The van der Waals surface area contributed by atoms with Crippen molar-refractivity contribution in [3.05, 3.63) is 32.8 Å². The Labute approximate surface area is 131 Å². The fraction of sp³-hybridized carbons (Fsp3) is 0.500. The Morgan fingerprint density at radius 3 is 2.86 bits per heavy atom. The van der Waals surface area contributed by atoms with Crippen LogP contribution in [-0.4, -0.2) is 43.4 Å². The summed E-state index contributed by atoms with van der Waals surface area (Å²) in [6, 6.07) is 3.62. The maximum atomic E-state index is 12.8. The van der Waals surface area contributed by atoms with Crippen molar-refractivity contribution in [1.82, 2.24) is 4.31 Å². The van der Waals surface area contributed by atoms with Crippen molar-refractivity contribution in [3.8, 4) is 0 Å². The quantitative estimate of drug-likeness (QED) is 0.591. The van der Waals surface area contributed by atoms with Crippen LogP contribution >= 0.6 is 15.9 Å². The van der Waals surface area contributed by atoms with Gasteiger partial charge in [0.15, 0.2) is 4.90 Å². The van der Waals surface area contributed by atoms with Crippen molar-refractivity contribution in [2.45, 2.75) is 24.3 Å². The molecule has 116 valence electrons. The Kier molecular flexibility index (Phi) is 4.97. The Morgan fingerprint density at radius 2 is 2.24 bits per heavy atom. The molecular formula is C12H15BrN2O5S. The molecule has 1 aliphatic rings. The topological polar surface area (TPSA) is 89.8 Å². The fourth-order valence-corrected chi connectivity index (χ4v) is 4.61. The van der Waals surface area contributed by atoms with E-state index in [1.54, 1.807) is 0 Å². The second-order valence-corrected chi connectivity index (χ2v) is 7.40. The fourth-order valence-electron chi connectivity index (χ4n) is 2.25. The maximum Gasteiger partial charge on any atom is 0.289 e. The molecule has 0 aromatic heterocycles. The van der Waals surface area contributed by atoms with Gasteiger partial charge in [0.2, 0.25) is 10.0 Å². The van der Waals surface area contributed by atoms with Crippen molar-refractivity contribution in [2.24, 2.45) is 0 Å². The van der Waals surface area contributed by atoms with E-state index in [9.17, 15) is 18.5 Å². The van der Waals surface area contributed by atoms with Gasteiger partial charge in [0.1, 0.15) is 0 Å². The number of hydrogen-bond acceptors (Lipinski definition) is 5. The Bertz CT molecular complexity index is 649. The SMILES string of the molecule is CCC1COCCN1S(=O)(=O)c1cc(Br)ccc1[N+](=O)[O-]. The van der Waals surface area contributed by atoms with Gasteiger partial charge in [-0.05, 0) is 18.6 Å². The van der Waals surface area contributed by atoms with Crippen molar-refractivity contribution < 1.29 is 18.1 Å². The highest BCUT2D eigenvalue weighted by Gasteiger charge is 2.37. The third-order valence-corrected chi connectivity index (χ3v) is 5.82. The van der Waals surface area contributed by atoms with Crippen LogP contribution in [-0.2, 0) is 14.8 Å². The zero-order valence-electron chi connectivity index (χ0n) is 11.4. The first-order valence-electron chi connectivity index (χ1n) is 6.41. The van der Waals surface area contributed by atoms with Gasteiger partial charge < -0.3 is 4.74 Å². The lowest BCUT2D eigenvalue weighted by atomic mass is 10.2. The second kappa shape index (κ2) is 6.39. The van der Waals surface area contributed by atoms with Crippen LogP contribution < -0.4 is 0 Å². The zero-order valence-corrected chi connectivity index (χ0v) is 13.8. The molecule has 1 aromatic rings. The molecule has 1 unspecified atom stereocenters. The number of benzene rings is 1. The number of morpholine rings is 1. The average molecular weight is 379 g/mol. The molecule has 1 aliphatic heterocycles. The summed E-state index contributed by atoms with van der Waals surface area (Å²) in [4.78, 5) is 10.1. The molecule has 0 saturated carbocycles. The van der Waals surface area contributed by atoms with Crippen LogP contribution in [0.3, 0.4) is 0 Å². The highest BCUT2D eigenvalue weighted by Crippen LogP contribution is 2.31. The van der Waals surface area contributed by atoms with Gasteiger partial charge in [0.25, 0.3) is 5.69 Å². The van der Waals surface area contributed by atoms with Crippen LogP contribution in [0.1, 0.15) is 13.3 Å². The van der Waals surface area contributed by atoms with Gasteiger partial charge in [-0.25, -0.2) is 8.42 Å². The first kappa shape index (κ1) is 16.3. The zero-order chi connectivity index (χ0) is 15.6. The van der Waals surface area contributed by atoms with E-state index in [4.69, 9.17) is 4.74 Å².